The van der Waals surface area contributed by atoms with Crippen molar-refractivity contribution in [3.63, 3.8) is 0 Å². The summed E-state index contributed by atoms with van der Waals surface area (Å²) in [5.41, 5.74) is 5.63. The zero-order valence-electron chi connectivity index (χ0n) is 10.5. The monoisotopic (exact) mass is 349 g/mol. The number of nitrogens with two attached hydrogens (primary N) is 1. The Bertz CT molecular complexity index is 558. The molecule has 2 unspecified atom stereocenters. The Morgan fingerprint density at radius 1 is 1.63 bits per heavy atom. The minimum absolute atomic E-state index is 0.00681. The predicted octanol–water partition coefficient (Wildman–Crippen LogP) is 1.13. The molecule has 0 bridgehead atoms. The van der Waals surface area contributed by atoms with Gasteiger partial charge in [-0.1, -0.05) is 0 Å². The van der Waals surface area contributed by atoms with Crippen LogP contribution in [0.25, 0.3) is 0 Å². The maximum absolute atomic E-state index is 12.3. The van der Waals surface area contributed by atoms with E-state index in [4.69, 9.17) is 10.5 Å². The lowest BCUT2D eigenvalue weighted by atomic mass is 10.0. The van der Waals surface area contributed by atoms with Crippen molar-refractivity contribution in [2.45, 2.75) is 24.3 Å². The lowest BCUT2D eigenvalue weighted by Crippen LogP contribution is -2.38. The summed E-state index contributed by atoms with van der Waals surface area (Å²) in [5, 5.41) is 0. The summed E-state index contributed by atoms with van der Waals surface area (Å²) in [4.78, 5) is 3.83. The van der Waals surface area contributed by atoms with E-state index in [9.17, 15) is 8.42 Å². The number of hydrogen-bond acceptors (Lipinski definition) is 5. The average Bonchev–Trinajstić information content (AvgIpc) is 2.85. The topological polar surface area (TPSA) is 94.3 Å². The number of nitrogen functional groups attached to an aromatic ring is 1. The molecule has 3 N–H and O–H groups in total. The smallest absolute Gasteiger partial charge is 0.244 e. The van der Waals surface area contributed by atoms with Gasteiger partial charge in [0.1, 0.15) is 10.7 Å². The highest BCUT2D eigenvalue weighted by molar-refractivity contribution is 9.10. The second-order valence-corrected chi connectivity index (χ2v) is 7.17. The van der Waals surface area contributed by atoms with Crippen LogP contribution in [-0.4, -0.2) is 32.7 Å². The van der Waals surface area contributed by atoms with Gasteiger partial charge in [0.25, 0.3) is 0 Å². The summed E-state index contributed by atoms with van der Waals surface area (Å²) in [6.45, 7) is 3.09. The first-order valence-corrected chi connectivity index (χ1v) is 8.19. The zero-order chi connectivity index (χ0) is 14.0. The van der Waals surface area contributed by atoms with E-state index in [2.05, 4.69) is 25.6 Å². The van der Waals surface area contributed by atoms with E-state index in [-0.39, 0.29) is 22.7 Å². The van der Waals surface area contributed by atoms with Crippen LogP contribution in [0.15, 0.2) is 21.6 Å². The van der Waals surface area contributed by atoms with Gasteiger partial charge in [0.2, 0.25) is 10.0 Å². The molecule has 0 radical (unpaired) electrons. The van der Waals surface area contributed by atoms with Crippen LogP contribution in [0.1, 0.15) is 13.3 Å². The van der Waals surface area contributed by atoms with Gasteiger partial charge < -0.3 is 10.5 Å². The van der Waals surface area contributed by atoms with Crippen LogP contribution in [0.2, 0.25) is 0 Å². The summed E-state index contributed by atoms with van der Waals surface area (Å²) >= 11 is 3.19. The van der Waals surface area contributed by atoms with E-state index in [0.717, 1.165) is 6.42 Å². The van der Waals surface area contributed by atoms with Crippen molar-refractivity contribution in [1.29, 1.82) is 0 Å². The van der Waals surface area contributed by atoms with Gasteiger partial charge in [-0.2, -0.15) is 0 Å². The number of pyridine rings is 1. The number of nitrogens with zero attached hydrogens (tertiary/aromatic N) is 1. The molecule has 6 nitrogen and oxygen atoms in total. The van der Waals surface area contributed by atoms with Crippen LogP contribution in [0, 0.1) is 5.92 Å². The third kappa shape index (κ3) is 3.44. The van der Waals surface area contributed by atoms with E-state index < -0.39 is 10.0 Å². The number of sulfonamides is 1. The Morgan fingerprint density at radius 2 is 2.37 bits per heavy atom. The van der Waals surface area contributed by atoms with E-state index in [1.807, 2.05) is 6.92 Å². The molecule has 1 aliphatic heterocycles. The highest BCUT2D eigenvalue weighted by atomic mass is 79.9. The molecule has 0 aliphatic carbocycles. The molecule has 1 aromatic rings. The first-order valence-electron chi connectivity index (χ1n) is 5.91. The fraction of sp³-hybridized carbons (Fsp3) is 0.545. The molecule has 0 saturated carbocycles. The number of ether oxygens (including phenoxy) is 1. The molecule has 1 saturated heterocycles. The summed E-state index contributed by atoms with van der Waals surface area (Å²) in [7, 11) is -3.67. The Morgan fingerprint density at radius 3 is 3.00 bits per heavy atom. The third-order valence-electron chi connectivity index (χ3n) is 3.15. The molecule has 106 valence electrons. The Balaban J connectivity index is 2.19. The van der Waals surface area contributed by atoms with E-state index in [0.29, 0.717) is 17.7 Å². The fourth-order valence-corrected chi connectivity index (χ4v) is 3.90. The van der Waals surface area contributed by atoms with E-state index >= 15 is 0 Å². The maximum Gasteiger partial charge on any atom is 0.244 e. The van der Waals surface area contributed by atoms with Gasteiger partial charge in [-0.15, -0.1) is 0 Å². The lowest BCUT2D eigenvalue weighted by Gasteiger charge is -2.19. The van der Waals surface area contributed by atoms with Crippen molar-refractivity contribution in [2.75, 3.05) is 18.9 Å². The van der Waals surface area contributed by atoms with Crippen molar-refractivity contribution in [1.82, 2.24) is 9.71 Å². The van der Waals surface area contributed by atoms with Crippen molar-refractivity contribution in [3.8, 4) is 0 Å². The Hall–Kier alpha value is -0.700. The molecular formula is C11H16BrN3O3S. The number of halogens is 1. The average molecular weight is 350 g/mol. The standard InChI is InChI=1S/C11H16BrN3O3S/c1-7(8-2-3-18-6-8)15-19(16,17)10-4-9(12)5-14-11(10)13/h4-5,7-8,15H,2-3,6H2,1H3,(H2,13,14). The van der Waals surface area contributed by atoms with Crippen molar-refractivity contribution >= 4 is 31.8 Å². The first-order chi connectivity index (χ1) is 8.90. The highest BCUT2D eigenvalue weighted by Gasteiger charge is 2.28. The number of rotatable bonds is 4. The largest absolute Gasteiger partial charge is 0.383 e. The summed E-state index contributed by atoms with van der Waals surface area (Å²) in [6.07, 6.45) is 2.32. The molecule has 19 heavy (non-hydrogen) atoms. The molecule has 2 rings (SSSR count). The number of hydrogen-bond donors (Lipinski definition) is 2. The molecule has 1 fully saturated rings. The lowest BCUT2D eigenvalue weighted by molar-refractivity contribution is 0.180. The van der Waals surface area contributed by atoms with Gasteiger partial charge in [-0.3, -0.25) is 0 Å². The van der Waals surface area contributed by atoms with Crippen LogP contribution in [0.4, 0.5) is 5.82 Å². The minimum atomic E-state index is -3.67. The molecule has 2 heterocycles. The maximum atomic E-state index is 12.3. The van der Waals surface area contributed by atoms with Gasteiger partial charge >= 0.3 is 0 Å². The third-order valence-corrected chi connectivity index (χ3v) is 5.17. The van der Waals surface area contributed by atoms with Crippen LogP contribution < -0.4 is 10.5 Å². The van der Waals surface area contributed by atoms with Crippen molar-refractivity contribution < 1.29 is 13.2 Å². The molecule has 0 spiro atoms. The van der Waals surface area contributed by atoms with Gasteiger partial charge in [0.15, 0.2) is 0 Å². The summed E-state index contributed by atoms with van der Waals surface area (Å²) in [6, 6.07) is 1.24. The molecule has 8 heteroatoms. The van der Waals surface area contributed by atoms with Gasteiger partial charge in [-0.05, 0) is 35.3 Å². The van der Waals surface area contributed by atoms with Gasteiger partial charge in [0.05, 0.1) is 6.61 Å². The van der Waals surface area contributed by atoms with Crippen LogP contribution in [0.5, 0.6) is 0 Å². The van der Waals surface area contributed by atoms with Gasteiger partial charge in [-0.25, -0.2) is 18.1 Å². The van der Waals surface area contributed by atoms with Crippen LogP contribution in [0.3, 0.4) is 0 Å². The van der Waals surface area contributed by atoms with Gasteiger partial charge in [0, 0.05) is 29.2 Å². The Labute approximate surface area is 120 Å². The first kappa shape index (κ1) is 14.7. The fourth-order valence-electron chi connectivity index (χ4n) is 2.00. The molecule has 0 aromatic carbocycles. The molecule has 2 atom stereocenters. The summed E-state index contributed by atoms with van der Waals surface area (Å²) in [5.74, 6) is 0.182. The predicted molar refractivity (Wildman–Crippen MR) is 75.1 cm³/mol. The van der Waals surface area contributed by atoms with Crippen LogP contribution >= 0.6 is 15.9 Å². The number of nitrogens with one attached hydrogen (secondary N) is 1. The Kier molecular flexibility index (Phi) is 4.44. The SMILES string of the molecule is CC(NS(=O)(=O)c1cc(Br)cnc1N)C1CCOC1. The summed E-state index contributed by atoms with van der Waals surface area (Å²) < 4.78 is 33.0. The highest BCUT2D eigenvalue weighted by Crippen LogP contribution is 2.23. The normalized spacial score (nSPS) is 21.5. The molecule has 0 amide bonds. The second kappa shape index (κ2) is 5.74. The quantitative estimate of drug-likeness (QED) is 0.849. The molecular weight excluding hydrogens is 334 g/mol. The van der Waals surface area contributed by atoms with Crippen molar-refractivity contribution in [2.24, 2.45) is 5.92 Å². The van der Waals surface area contributed by atoms with E-state index in [1.165, 1.54) is 12.3 Å². The van der Waals surface area contributed by atoms with E-state index in [1.54, 1.807) is 0 Å². The molecule has 1 aromatic heterocycles. The van der Waals surface area contributed by atoms with Crippen molar-refractivity contribution in [3.05, 3.63) is 16.7 Å². The number of aromatic nitrogens is 1. The minimum Gasteiger partial charge on any atom is -0.383 e. The second-order valence-electron chi connectivity index (χ2n) is 4.57. The van der Waals surface area contributed by atoms with Crippen LogP contribution in [-0.2, 0) is 14.8 Å². The molecule has 1 aliphatic rings. The zero-order valence-corrected chi connectivity index (χ0v) is 12.9. The number of anilines is 1.